The van der Waals surface area contributed by atoms with Crippen LogP contribution < -0.4 is 10.6 Å². The minimum atomic E-state index is -1.22. The minimum absolute atomic E-state index is 0.331. The Morgan fingerprint density at radius 1 is 1.20 bits per heavy atom. The molecule has 0 aliphatic rings. The van der Waals surface area contributed by atoms with Crippen LogP contribution in [0, 0.1) is 0 Å². The van der Waals surface area contributed by atoms with Crippen LogP contribution in [-0.4, -0.2) is 28.9 Å². The molecule has 20 heavy (non-hydrogen) atoms. The van der Waals surface area contributed by atoms with Gasteiger partial charge in [-0.25, -0.2) is 9.59 Å². The van der Waals surface area contributed by atoms with Crippen LogP contribution in [0.5, 0.6) is 0 Å². The molecule has 0 unspecified atom stereocenters. The van der Waals surface area contributed by atoms with Crippen molar-refractivity contribution in [3.63, 3.8) is 0 Å². The predicted octanol–water partition coefficient (Wildman–Crippen LogP) is 3.17. The summed E-state index contributed by atoms with van der Waals surface area (Å²) >= 11 is 1.61. The Labute approximate surface area is 123 Å². The first kappa shape index (κ1) is 16.4. The Balaban J connectivity index is 2.72. The van der Waals surface area contributed by atoms with E-state index in [1.807, 2.05) is 18.4 Å². The summed E-state index contributed by atoms with van der Waals surface area (Å²) in [5, 5.41) is 14.5. The van der Waals surface area contributed by atoms with Crippen molar-refractivity contribution < 1.29 is 14.7 Å². The number of benzene rings is 1. The minimum Gasteiger partial charge on any atom is -0.480 e. The fourth-order valence-electron chi connectivity index (χ4n) is 1.84. The van der Waals surface area contributed by atoms with Gasteiger partial charge < -0.3 is 15.7 Å². The Bertz CT molecular complexity index is 470. The van der Waals surface area contributed by atoms with Crippen molar-refractivity contribution in [1.82, 2.24) is 5.32 Å². The first-order valence-electron chi connectivity index (χ1n) is 6.44. The van der Waals surface area contributed by atoms with Gasteiger partial charge in [0.2, 0.25) is 0 Å². The number of amides is 2. The average Bonchev–Trinajstić information content (AvgIpc) is 2.45. The van der Waals surface area contributed by atoms with E-state index in [2.05, 4.69) is 10.6 Å². The van der Waals surface area contributed by atoms with Crippen molar-refractivity contribution in [3.8, 4) is 0 Å². The molecule has 0 atom stereocenters. The van der Waals surface area contributed by atoms with E-state index < -0.39 is 17.5 Å². The fourth-order valence-corrected chi connectivity index (χ4v) is 2.24. The van der Waals surface area contributed by atoms with Crippen molar-refractivity contribution in [2.45, 2.75) is 37.1 Å². The molecule has 0 saturated heterocycles. The van der Waals surface area contributed by atoms with Gasteiger partial charge in [-0.05, 0) is 43.4 Å². The monoisotopic (exact) mass is 296 g/mol. The third-order valence-electron chi connectivity index (χ3n) is 3.32. The molecule has 0 saturated carbocycles. The number of anilines is 1. The highest BCUT2D eigenvalue weighted by Crippen LogP contribution is 2.19. The van der Waals surface area contributed by atoms with Gasteiger partial charge in [0.25, 0.3) is 0 Å². The number of carbonyl (C=O) groups excluding carboxylic acids is 1. The van der Waals surface area contributed by atoms with Gasteiger partial charge in [-0.1, -0.05) is 13.8 Å². The summed E-state index contributed by atoms with van der Waals surface area (Å²) in [7, 11) is 0. The Kier molecular flexibility index (Phi) is 5.88. The maximum atomic E-state index is 11.9. The van der Waals surface area contributed by atoms with Gasteiger partial charge in [-0.3, -0.25) is 0 Å². The SMILES string of the molecule is CCC(CC)(NC(=O)Nc1ccc(SC)cc1)C(=O)O. The summed E-state index contributed by atoms with van der Waals surface area (Å²) in [6.45, 7) is 3.48. The molecule has 0 fully saturated rings. The summed E-state index contributed by atoms with van der Waals surface area (Å²) < 4.78 is 0. The van der Waals surface area contributed by atoms with Crippen molar-refractivity contribution in [1.29, 1.82) is 0 Å². The molecule has 5 nitrogen and oxygen atoms in total. The summed E-state index contributed by atoms with van der Waals surface area (Å²) in [6.07, 6.45) is 2.63. The number of nitrogens with one attached hydrogen (secondary N) is 2. The van der Waals surface area contributed by atoms with Crippen LogP contribution in [0.25, 0.3) is 0 Å². The Morgan fingerprint density at radius 2 is 1.75 bits per heavy atom. The van der Waals surface area contributed by atoms with Crippen molar-refractivity contribution >= 4 is 29.4 Å². The molecular weight excluding hydrogens is 276 g/mol. The van der Waals surface area contributed by atoms with E-state index in [1.54, 1.807) is 37.7 Å². The highest BCUT2D eigenvalue weighted by Gasteiger charge is 2.36. The number of rotatable bonds is 6. The van der Waals surface area contributed by atoms with E-state index in [1.165, 1.54) is 0 Å². The van der Waals surface area contributed by atoms with Crippen molar-refractivity contribution in [3.05, 3.63) is 24.3 Å². The fraction of sp³-hybridized carbons (Fsp3) is 0.429. The Hall–Kier alpha value is -1.69. The van der Waals surface area contributed by atoms with Gasteiger partial charge in [-0.2, -0.15) is 0 Å². The van der Waals surface area contributed by atoms with Crippen LogP contribution in [0.4, 0.5) is 10.5 Å². The van der Waals surface area contributed by atoms with Gasteiger partial charge in [0.15, 0.2) is 0 Å². The lowest BCUT2D eigenvalue weighted by Gasteiger charge is -2.28. The molecule has 110 valence electrons. The van der Waals surface area contributed by atoms with Gasteiger partial charge >= 0.3 is 12.0 Å². The molecule has 6 heteroatoms. The van der Waals surface area contributed by atoms with Crippen LogP contribution in [0.1, 0.15) is 26.7 Å². The van der Waals surface area contributed by atoms with Gasteiger partial charge in [0.05, 0.1) is 0 Å². The highest BCUT2D eigenvalue weighted by atomic mass is 32.2. The average molecular weight is 296 g/mol. The smallest absolute Gasteiger partial charge is 0.329 e. The van der Waals surface area contributed by atoms with Crippen LogP contribution in [0.2, 0.25) is 0 Å². The normalized spacial score (nSPS) is 10.9. The lowest BCUT2D eigenvalue weighted by molar-refractivity contribution is -0.144. The van der Waals surface area contributed by atoms with Gasteiger partial charge in [-0.15, -0.1) is 11.8 Å². The topological polar surface area (TPSA) is 78.4 Å². The molecular formula is C14H20N2O3S. The summed E-state index contributed by atoms with van der Waals surface area (Å²) in [4.78, 5) is 24.3. The number of aliphatic carboxylic acids is 1. The summed E-state index contributed by atoms with van der Waals surface area (Å²) in [5.74, 6) is -1.02. The van der Waals surface area contributed by atoms with Crippen LogP contribution in [0.15, 0.2) is 29.2 Å². The predicted molar refractivity (Wildman–Crippen MR) is 81.3 cm³/mol. The number of thioether (sulfide) groups is 1. The second-order valence-corrected chi connectivity index (χ2v) is 5.28. The molecule has 2 amide bonds. The number of hydrogen-bond donors (Lipinski definition) is 3. The molecule has 0 radical (unpaired) electrons. The molecule has 1 aromatic carbocycles. The molecule has 0 aromatic heterocycles. The van der Waals surface area contributed by atoms with Crippen LogP contribution >= 0.6 is 11.8 Å². The molecule has 1 rings (SSSR count). The zero-order valence-corrected chi connectivity index (χ0v) is 12.7. The van der Waals surface area contributed by atoms with Crippen molar-refractivity contribution in [2.24, 2.45) is 0 Å². The first-order chi connectivity index (χ1) is 9.47. The zero-order chi connectivity index (χ0) is 15.2. The quantitative estimate of drug-likeness (QED) is 0.705. The summed E-state index contributed by atoms with van der Waals surface area (Å²) in [5.41, 5.74) is -0.588. The molecule has 0 bridgehead atoms. The van der Waals surface area contributed by atoms with E-state index in [0.717, 1.165) is 4.90 Å². The van der Waals surface area contributed by atoms with Crippen LogP contribution in [0.3, 0.4) is 0 Å². The second-order valence-electron chi connectivity index (χ2n) is 4.40. The van der Waals surface area contributed by atoms with E-state index in [9.17, 15) is 14.7 Å². The molecule has 0 aliphatic heterocycles. The van der Waals surface area contributed by atoms with E-state index in [-0.39, 0.29) is 0 Å². The molecule has 0 spiro atoms. The Morgan fingerprint density at radius 3 is 2.15 bits per heavy atom. The third kappa shape index (κ3) is 3.90. The number of carboxylic acid groups (broad SMARTS) is 1. The lowest BCUT2D eigenvalue weighted by Crippen LogP contribution is -2.54. The molecule has 1 aromatic rings. The third-order valence-corrected chi connectivity index (χ3v) is 4.06. The van der Waals surface area contributed by atoms with Crippen LogP contribution in [-0.2, 0) is 4.79 Å². The maximum absolute atomic E-state index is 11.9. The number of urea groups is 1. The van der Waals surface area contributed by atoms with Gasteiger partial charge in [0.1, 0.15) is 5.54 Å². The first-order valence-corrected chi connectivity index (χ1v) is 7.66. The van der Waals surface area contributed by atoms with E-state index in [0.29, 0.717) is 18.5 Å². The maximum Gasteiger partial charge on any atom is 0.329 e. The van der Waals surface area contributed by atoms with Gasteiger partial charge in [0, 0.05) is 10.6 Å². The molecule has 0 aliphatic carbocycles. The highest BCUT2D eigenvalue weighted by molar-refractivity contribution is 7.98. The zero-order valence-electron chi connectivity index (χ0n) is 11.9. The number of hydrogen-bond acceptors (Lipinski definition) is 3. The molecule has 0 heterocycles. The lowest BCUT2D eigenvalue weighted by atomic mass is 9.93. The number of carboxylic acids is 1. The largest absolute Gasteiger partial charge is 0.480 e. The van der Waals surface area contributed by atoms with Crippen molar-refractivity contribution in [2.75, 3.05) is 11.6 Å². The molecule has 3 N–H and O–H groups in total. The van der Waals surface area contributed by atoms with E-state index >= 15 is 0 Å². The summed E-state index contributed by atoms with van der Waals surface area (Å²) in [6, 6.07) is 6.85. The second kappa shape index (κ2) is 7.19. The number of carbonyl (C=O) groups is 2. The standard InChI is InChI=1S/C14H20N2O3S/c1-4-14(5-2,12(17)18)16-13(19)15-10-6-8-11(20-3)9-7-10/h6-9H,4-5H2,1-3H3,(H,17,18)(H2,15,16,19). The van der Waals surface area contributed by atoms with E-state index in [4.69, 9.17) is 0 Å².